The molecular formula is C20H21NO4. The fraction of sp³-hybridized carbons (Fsp3) is 0.250. The highest BCUT2D eigenvalue weighted by Gasteiger charge is 2.18. The van der Waals surface area contributed by atoms with Crippen molar-refractivity contribution in [2.24, 2.45) is 0 Å². The fourth-order valence-electron chi connectivity index (χ4n) is 2.85. The predicted molar refractivity (Wildman–Crippen MR) is 93.8 cm³/mol. The Kier molecular flexibility index (Phi) is 4.93. The normalized spacial score (nSPS) is 10.7. The van der Waals surface area contributed by atoms with Crippen LogP contribution in [0.15, 0.2) is 53.1 Å². The Morgan fingerprint density at radius 1 is 1.16 bits per heavy atom. The molecule has 0 spiro atoms. The first-order chi connectivity index (χ1) is 12.1. The molecular weight excluding hydrogens is 318 g/mol. The van der Waals surface area contributed by atoms with E-state index in [1.165, 1.54) is 0 Å². The first-order valence-corrected chi connectivity index (χ1v) is 8.08. The van der Waals surface area contributed by atoms with Crippen molar-refractivity contribution in [1.82, 2.24) is 4.57 Å². The van der Waals surface area contributed by atoms with Gasteiger partial charge in [-0.1, -0.05) is 18.2 Å². The molecule has 0 radical (unpaired) electrons. The molecule has 0 unspecified atom stereocenters. The van der Waals surface area contributed by atoms with Crippen LogP contribution >= 0.6 is 0 Å². The van der Waals surface area contributed by atoms with Crippen molar-refractivity contribution in [3.8, 4) is 5.75 Å². The number of methoxy groups -OCH3 is 1. The van der Waals surface area contributed by atoms with E-state index in [2.05, 4.69) is 0 Å². The van der Waals surface area contributed by atoms with Gasteiger partial charge in [0.15, 0.2) is 0 Å². The minimum absolute atomic E-state index is 0.171. The zero-order chi connectivity index (χ0) is 17.8. The molecule has 0 atom stereocenters. The lowest BCUT2D eigenvalue weighted by Gasteiger charge is -2.10. The summed E-state index contributed by atoms with van der Waals surface area (Å²) in [7, 11) is 1.60. The number of rotatable bonds is 6. The topological polar surface area (TPSA) is 53.6 Å². The van der Waals surface area contributed by atoms with Crippen LogP contribution in [0.5, 0.6) is 5.75 Å². The lowest BCUT2D eigenvalue weighted by Crippen LogP contribution is -2.09. The van der Waals surface area contributed by atoms with E-state index >= 15 is 0 Å². The van der Waals surface area contributed by atoms with Gasteiger partial charge in [0.25, 0.3) is 0 Å². The number of aromatic nitrogens is 1. The third-order valence-electron chi connectivity index (χ3n) is 4.24. The summed E-state index contributed by atoms with van der Waals surface area (Å²) < 4.78 is 18.2. The van der Waals surface area contributed by atoms with Crippen LogP contribution in [-0.2, 0) is 17.9 Å². The Morgan fingerprint density at radius 3 is 2.68 bits per heavy atom. The average molecular weight is 339 g/mol. The largest absolute Gasteiger partial charge is 0.496 e. The second kappa shape index (κ2) is 7.30. The number of aryl methyl sites for hydroxylation is 1. The molecule has 2 heterocycles. The number of esters is 1. The summed E-state index contributed by atoms with van der Waals surface area (Å²) in [4.78, 5) is 12.5. The van der Waals surface area contributed by atoms with Gasteiger partial charge in [-0.05, 0) is 38.1 Å². The molecule has 0 N–H and O–H groups in total. The summed E-state index contributed by atoms with van der Waals surface area (Å²) in [5, 5.41) is 0. The number of hydrogen-bond donors (Lipinski definition) is 0. The van der Waals surface area contributed by atoms with E-state index in [9.17, 15) is 4.79 Å². The lowest BCUT2D eigenvalue weighted by molar-refractivity contribution is 0.0469. The van der Waals surface area contributed by atoms with Gasteiger partial charge in [-0.25, -0.2) is 4.79 Å². The summed E-state index contributed by atoms with van der Waals surface area (Å²) >= 11 is 0. The van der Waals surface area contributed by atoms with Gasteiger partial charge < -0.3 is 18.5 Å². The third-order valence-corrected chi connectivity index (χ3v) is 4.24. The Labute approximate surface area is 146 Å². The monoisotopic (exact) mass is 339 g/mol. The van der Waals surface area contributed by atoms with Gasteiger partial charge in [-0.2, -0.15) is 0 Å². The molecule has 0 saturated heterocycles. The minimum Gasteiger partial charge on any atom is -0.496 e. The molecule has 3 rings (SSSR count). The lowest BCUT2D eigenvalue weighted by atomic mass is 10.2. The predicted octanol–water partition coefficient (Wildman–Crippen LogP) is 4.11. The van der Waals surface area contributed by atoms with E-state index in [1.807, 2.05) is 60.9 Å². The molecule has 0 fully saturated rings. The summed E-state index contributed by atoms with van der Waals surface area (Å²) in [5.74, 6) is 1.21. The molecule has 0 amide bonds. The molecule has 0 aliphatic rings. The van der Waals surface area contributed by atoms with Gasteiger partial charge in [-0.3, -0.25) is 0 Å². The molecule has 0 bridgehead atoms. The van der Waals surface area contributed by atoms with Crippen molar-refractivity contribution in [3.05, 3.63) is 77.0 Å². The van der Waals surface area contributed by atoms with E-state index in [0.717, 1.165) is 22.7 Å². The Hall–Kier alpha value is -2.95. The molecule has 3 aromatic rings. The maximum Gasteiger partial charge on any atom is 0.340 e. The zero-order valence-corrected chi connectivity index (χ0v) is 14.6. The highest BCUT2D eigenvalue weighted by atomic mass is 16.5. The number of nitrogens with zero attached hydrogens (tertiary/aromatic N) is 1. The fourth-order valence-corrected chi connectivity index (χ4v) is 2.85. The van der Waals surface area contributed by atoms with E-state index in [4.69, 9.17) is 13.9 Å². The standard InChI is InChI=1S/C20H21NO4/c1-14-11-18(15(2)21(14)12-17-8-6-10-24-17)20(22)25-13-16-7-4-5-9-19(16)23-3/h4-11H,12-13H2,1-3H3. The second-order valence-electron chi connectivity index (χ2n) is 5.84. The third kappa shape index (κ3) is 3.60. The number of ether oxygens (including phenoxy) is 2. The van der Waals surface area contributed by atoms with Crippen LogP contribution < -0.4 is 4.74 Å². The molecule has 5 nitrogen and oxygen atoms in total. The number of carbonyl (C=O) groups excluding carboxylic acids is 1. The minimum atomic E-state index is -0.343. The van der Waals surface area contributed by atoms with Crippen LogP contribution in [0.3, 0.4) is 0 Å². The van der Waals surface area contributed by atoms with Crippen molar-refractivity contribution in [2.45, 2.75) is 27.0 Å². The van der Waals surface area contributed by atoms with Gasteiger partial charge in [-0.15, -0.1) is 0 Å². The molecule has 0 aliphatic heterocycles. The van der Waals surface area contributed by atoms with Crippen molar-refractivity contribution in [3.63, 3.8) is 0 Å². The van der Waals surface area contributed by atoms with Crippen LogP contribution in [0.4, 0.5) is 0 Å². The van der Waals surface area contributed by atoms with Gasteiger partial charge in [0.05, 0.1) is 25.5 Å². The summed E-state index contributed by atoms with van der Waals surface area (Å²) in [6.45, 7) is 4.64. The molecule has 5 heteroatoms. The first kappa shape index (κ1) is 16.9. The number of benzene rings is 1. The van der Waals surface area contributed by atoms with Gasteiger partial charge >= 0.3 is 5.97 Å². The zero-order valence-electron chi connectivity index (χ0n) is 14.6. The van der Waals surface area contributed by atoms with Crippen molar-refractivity contribution in [1.29, 1.82) is 0 Å². The van der Waals surface area contributed by atoms with E-state index in [-0.39, 0.29) is 12.6 Å². The summed E-state index contributed by atoms with van der Waals surface area (Å²) in [6.07, 6.45) is 1.64. The smallest absolute Gasteiger partial charge is 0.340 e. The van der Waals surface area contributed by atoms with Gasteiger partial charge in [0.2, 0.25) is 0 Å². The average Bonchev–Trinajstić information content (AvgIpc) is 3.23. The van der Waals surface area contributed by atoms with Gasteiger partial charge in [0, 0.05) is 17.0 Å². The van der Waals surface area contributed by atoms with E-state index in [1.54, 1.807) is 13.4 Å². The van der Waals surface area contributed by atoms with Crippen LogP contribution in [0.1, 0.15) is 33.1 Å². The van der Waals surface area contributed by atoms with Crippen LogP contribution in [-0.4, -0.2) is 17.6 Å². The molecule has 2 aromatic heterocycles. The number of hydrogen-bond acceptors (Lipinski definition) is 4. The maximum absolute atomic E-state index is 12.5. The highest BCUT2D eigenvalue weighted by molar-refractivity contribution is 5.91. The molecule has 0 saturated carbocycles. The molecule has 0 aliphatic carbocycles. The molecule has 130 valence electrons. The first-order valence-electron chi connectivity index (χ1n) is 8.08. The second-order valence-corrected chi connectivity index (χ2v) is 5.84. The summed E-state index contributed by atoms with van der Waals surface area (Å²) in [5.41, 5.74) is 3.25. The Balaban J connectivity index is 1.74. The quantitative estimate of drug-likeness (QED) is 0.634. The highest BCUT2D eigenvalue weighted by Crippen LogP contribution is 2.21. The molecule has 25 heavy (non-hydrogen) atoms. The van der Waals surface area contributed by atoms with Gasteiger partial charge in [0.1, 0.15) is 18.1 Å². The number of para-hydroxylation sites is 1. The van der Waals surface area contributed by atoms with Crippen molar-refractivity contribution in [2.75, 3.05) is 7.11 Å². The Morgan fingerprint density at radius 2 is 1.96 bits per heavy atom. The van der Waals surface area contributed by atoms with Crippen molar-refractivity contribution >= 4 is 5.97 Å². The SMILES string of the molecule is COc1ccccc1COC(=O)c1cc(C)n(Cc2ccco2)c1C. The van der Waals surface area contributed by atoms with Crippen LogP contribution in [0.25, 0.3) is 0 Å². The van der Waals surface area contributed by atoms with Crippen LogP contribution in [0.2, 0.25) is 0 Å². The van der Waals surface area contributed by atoms with E-state index in [0.29, 0.717) is 17.9 Å². The number of furan rings is 1. The maximum atomic E-state index is 12.5. The Bertz CT molecular complexity index is 862. The van der Waals surface area contributed by atoms with Crippen molar-refractivity contribution < 1.29 is 18.7 Å². The number of carbonyl (C=O) groups is 1. The van der Waals surface area contributed by atoms with E-state index < -0.39 is 0 Å². The summed E-state index contributed by atoms with van der Waals surface area (Å²) in [6, 6.07) is 13.1. The molecule has 1 aromatic carbocycles. The van der Waals surface area contributed by atoms with Crippen LogP contribution in [0, 0.1) is 13.8 Å².